The molecule has 2 aromatic rings. The van der Waals surface area contributed by atoms with Gasteiger partial charge in [0.2, 0.25) is 5.91 Å². The van der Waals surface area contributed by atoms with Crippen LogP contribution in [0, 0.1) is 11.8 Å². The predicted molar refractivity (Wildman–Crippen MR) is 234 cm³/mol. The Kier molecular flexibility index (Phi) is 20.0. The molecule has 0 aliphatic carbocycles. The second-order valence-electron chi connectivity index (χ2n) is 16.9. The molecule has 0 radical (unpaired) electrons. The van der Waals surface area contributed by atoms with Gasteiger partial charge in [-0.3, -0.25) is 4.79 Å². The van der Waals surface area contributed by atoms with Gasteiger partial charge in [-0.05, 0) is 95.5 Å². The van der Waals surface area contributed by atoms with Crippen LogP contribution in [0.2, 0.25) is 25.7 Å². The third-order valence-corrected chi connectivity index (χ3v) is 12.1. The smallest absolute Gasteiger partial charge is 0.417 e. The summed E-state index contributed by atoms with van der Waals surface area (Å²) in [6.45, 7) is 22.6. The average Bonchev–Trinajstić information content (AvgIpc) is 3.48. The SMILES string of the molecule is CCOC(C)O[C@@H](C/C=C(\C)C/C(C)=C/C=C/CC[C@H](C)CN(Cc1ccc(OC)cc1)C(=O)OCC[Si](C)(C)C)[C@@H](C)C(=O)N1C(=O)O[C@@H](c2ccccc2)[C@H]1C. The summed E-state index contributed by atoms with van der Waals surface area (Å²) < 4.78 is 28.7. The second-order valence-corrected chi connectivity index (χ2v) is 22.5. The van der Waals surface area contributed by atoms with E-state index in [1.54, 1.807) is 14.0 Å². The van der Waals surface area contributed by atoms with Gasteiger partial charge >= 0.3 is 12.2 Å². The Labute approximate surface area is 349 Å². The second kappa shape index (κ2) is 24.0. The number of hydrogen-bond donors (Lipinski definition) is 0. The summed E-state index contributed by atoms with van der Waals surface area (Å²) >= 11 is 0. The van der Waals surface area contributed by atoms with Crippen LogP contribution < -0.4 is 4.74 Å². The normalized spacial score (nSPS) is 18.5. The van der Waals surface area contributed by atoms with Crippen LogP contribution in [0.5, 0.6) is 5.75 Å². The van der Waals surface area contributed by atoms with Crippen molar-refractivity contribution in [3.05, 3.63) is 101 Å². The monoisotopic (exact) mass is 818 g/mol. The zero-order valence-electron chi connectivity index (χ0n) is 37.0. The van der Waals surface area contributed by atoms with Gasteiger partial charge in [0.05, 0.1) is 31.8 Å². The molecule has 1 heterocycles. The first-order chi connectivity index (χ1) is 27.5. The number of allylic oxidation sites excluding steroid dienone is 5. The first-order valence-corrected chi connectivity index (χ1v) is 24.6. The molecule has 0 spiro atoms. The van der Waals surface area contributed by atoms with Crippen LogP contribution in [0.3, 0.4) is 0 Å². The standard InChI is InChI=1S/C47H70N2O8Si/c1-12-54-39(7)56-43(37(5)45(50)49-38(6)44(57-47(49)52)41-21-17-14-18-22-41)28-23-35(3)31-34(2)19-15-13-16-20-36(4)32-48(46(51)55-29-30-58(9,10)11)33-40-24-26-42(53-8)27-25-40/h13-15,17-19,21-27,36-39,43-44H,12,16,20,28-33H2,1-11H3/b15-13+,34-19+,35-23+/t36-,37+,38+,39?,43-,44+/m0/s1. The fourth-order valence-corrected chi connectivity index (χ4v) is 7.59. The van der Waals surface area contributed by atoms with Crippen LogP contribution in [-0.2, 0) is 30.3 Å². The fraction of sp³-hybridized carbons (Fsp3) is 0.553. The molecule has 1 aliphatic rings. The largest absolute Gasteiger partial charge is 0.497 e. The van der Waals surface area contributed by atoms with E-state index in [1.165, 1.54) is 10.5 Å². The van der Waals surface area contributed by atoms with Crippen LogP contribution in [-0.4, -0.2) is 81.3 Å². The molecular formula is C47H70N2O8Si. The summed E-state index contributed by atoms with van der Waals surface area (Å²) in [6, 6.07) is 17.8. The van der Waals surface area contributed by atoms with E-state index in [9.17, 15) is 14.4 Å². The van der Waals surface area contributed by atoms with Crippen molar-refractivity contribution in [1.82, 2.24) is 9.80 Å². The fourth-order valence-electron chi connectivity index (χ4n) is 6.88. The maximum atomic E-state index is 13.8. The van der Waals surface area contributed by atoms with Crippen molar-refractivity contribution in [2.45, 2.75) is 131 Å². The van der Waals surface area contributed by atoms with E-state index in [0.29, 0.717) is 32.7 Å². The summed E-state index contributed by atoms with van der Waals surface area (Å²) in [6.07, 6.45) is 9.16. The molecule has 11 heteroatoms. The Morgan fingerprint density at radius 1 is 1.00 bits per heavy atom. The highest BCUT2D eigenvalue weighted by molar-refractivity contribution is 6.76. The molecule has 3 amide bonds. The number of amides is 3. The first-order valence-electron chi connectivity index (χ1n) is 20.9. The lowest BCUT2D eigenvalue weighted by Gasteiger charge is -2.29. The molecule has 2 aromatic carbocycles. The van der Waals surface area contributed by atoms with E-state index in [0.717, 1.165) is 47.8 Å². The van der Waals surface area contributed by atoms with E-state index in [2.05, 4.69) is 64.7 Å². The molecule has 1 unspecified atom stereocenters. The highest BCUT2D eigenvalue weighted by Gasteiger charge is 2.46. The van der Waals surface area contributed by atoms with E-state index in [-0.39, 0.29) is 17.9 Å². The molecule has 3 rings (SSSR count). The van der Waals surface area contributed by atoms with Crippen molar-refractivity contribution in [2.24, 2.45) is 11.8 Å². The Morgan fingerprint density at radius 2 is 1.69 bits per heavy atom. The number of ether oxygens (including phenoxy) is 5. The van der Waals surface area contributed by atoms with Crippen molar-refractivity contribution < 1.29 is 38.1 Å². The number of imide groups is 1. The van der Waals surface area contributed by atoms with E-state index >= 15 is 0 Å². The van der Waals surface area contributed by atoms with Gasteiger partial charge in [0.25, 0.3) is 0 Å². The number of cyclic esters (lactones) is 1. The first kappa shape index (κ1) is 48.2. The van der Waals surface area contributed by atoms with Gasteiger partial charge in [-0.15, -0.1) is 0 Å². The molecule has 1 fully saturated rings. The summed E-state index contributed by atoms with van der Waals surface area (Å²) in [7, 11) is 0.324. The van der Waals surface area contributed by atoms with E-state index in [4.69, 9.17) is 23.7 Å². The Balaban J connectivity index is 1.56. The van der Waals surface area contributed by atoms with Gasteiger partial charge < -0.3 is 28.6 Å². The third-order valence-electron chi connectivity index (χ3n) is 10.4. The molecule has 1 saturated heterocycles. The maximum absolute atomic E-state index is 13.8. The Morgan fingerprint density at radius 3 is 2.33 bits per heavy atom. The van der Waals surface area contributed by atoms with Crippen molar-refractivity contribution in [3.8, 4) is 5.75 Å². The highest BCUT2D eigenvalue weighted by Crippen LogP contribution is 2.34. The van der Waals surface area contributed by atoms with E-state index in [1.807, 2.05) is 80.3 Å². The minimum absolute atomic E-state index is 0.260. The number of methoxy groups -OCH3 is 1. The predicted octanol–water partition coefficient (Wildman–Crippen LogP) is 11.1. The van der Waals surface area contributed by atoms with Crippen LogP contribution >= 0.6 is 0 Å². The van der Waals surface area contributed by atoms with Crippen LogP contribution in [0.4, 0.5) is 9.59 Å². The topological polar surface area (TPSA) is 104 Å². The molecule has 320 valence electrons. The summed E-state index contributed by atoms with van der Waals surface area (Å²) in [4.78, 5) is 43.1. The summed E-state index contributed by atoms with van der Waals surface area (Å²) in [5.41, 5.74) is 4.24. The molecular weight excluding hydrogens is 749 g/mol. The zero-order valence-corrected chi connectivity index (χ0v) is 38.0. The summed E-state index contributed by atoms with van der Waals surface area (Å²) in [5.74, 6) is 0.123. The lowest BCUT2D eigenvalue weighted by molar-refractivity contribution is -0.174. The number of hydrogen-bond acceptors (Lipinski definition) is 8. The molecule has 1 aliphatic heterocycles. The lowest BCUT2D eigenvalue weighted by Crippen LogP contribution is -2.45. The minimum atomic E-state index is -1.32. The number of carbonyl (C=O) groups is 3. The van der Waals surface area contributed by atoms with Crippen molar-refractivity contribution in [1.29, 1.82) is 0 Å². The van der Waals surface area contributed by atoms with Gasteiger partial charge in [-0.1, -0.05) is 111 Å². The molecule has 6 atom stereocenters. The Bertz CT molecular complexity index is 1670. The number of carbonyl (C=O) groups excluding carboxylic acids is 3. The molecule has 0 aromatic heterocycles. The zero-order chi connectivity index (χ0) is 42.8. The quantitative estimate of drug-likeness (QED) is 0.0473. The lowest BCUT2D eigenvalue weighted by atomic mass is 9.96. The van der Waals surface area contributed by atoms with Gasteiger partial charge in [0.15, 0.2) is 6.29 Å². The third kappa shape index (κ3) is 16.2. The van der Waals surface area contributed by atoms with Crippen molar-refractivity contribution in [2.75, 3.05) is 26.9 Å². The Hall–Kier alpha value is -4.19. The number of benzene rings is 2. The molecule has 0 N–H and O–H groups in total. The maximum Gasteiger partial charge on any atom is 0.417 e. The van der Waals surface area contributed by atoms with Gasteiger partial charge in [-0.25, -0.2) is 14.5 Å². The molecule has 0 saturated carbocycles. The number of rotatable bonds is 23. The van der Waals surface area contributed by atoms with Crippen molar-refractivity contribution >= 4 is 26.2 Å². The van der Waals surface area contributed by atoms with Crippen LogP contribution in [0.1, 0.15) is 91.4 Å². The van der Waals surface area contributed by atoms with Gasteiger partial charge in [-0.2, -0.15) is 0 Å². The average molecular weight is 819 g/mol. The number of nitrogens with zero attached hydrogens (tertiary/aromatic N) is 2. The van der Waals surface area contributed by atoms with Crippen LogP contribution in [0.15, 0.2) is 90.0 Å². The highest BCUT2D eigenvalue weighted by atomic mass is 28.3. The van der Waals surface area contributed by atoms with Crippen LogP contribution in [0.25, 0.3) is 0 Å². The molecule has 10 nitrogen and oxygen atoms in total. The molecule has 0 bridgehead atoms. The molecule has 58 heavy (non-hydrogen) atoms. The van der Waals surface area contributed by atoms with Crippen molar-refractivity contribution in [3.63, 3.8) is 0 Å². The summed E-state index contributed by atoms with van der Waals surface area (Å²) in [5, 5.41) is 0. The van der Waals surface area contributed by atoms with Gasteiger partial charge in [0.1, 0.15) is 11.9 Å². The van der Waals surface area contributed by atoms with E-state index < -0.39 is 44.6 Å². The minimum Gasteiger partial charge on any atom is -0.497 e. The van der Waals surface area contributed by atoms with Gasteiger partial charge in [0, 0.05) is 27.8 Å².